The van der Waals surface area contributed by atoms with E-state index in [9.17, 15) is 19.5 Å². The number of carbonyl (C=O) groups is 3. The minimum absolute atomic E-state index is 0.0371. The number of benzene rings is 2. The summed E-state index contributed by atoms with van der Waals surface area (Å²) in [6.45, 7) is 13.5. The Kier molecular flexibility index (Phi) is 10.0. The number of fused-ring (bicyclic) bond motifs is 1. The van der Waals surface area contributed by atoms with Gasteiger partial charge in [-0.1, -0.05) is 27.7 Å². The molecule has 0 unspecified atom stereocenters. The highest BCUT2D eigenvalue weighted by Crippen LogP contribution is 2.41. The molecule has 0 saturated heterocycles. The molecule has 10 heteroatoms. The quantitative estimate of drug-likeness (QED) is 0.303. The van der Waals surface area contributed by atoms with Crippen molar-refractivity contribution in [3.63, 3.8) is 0 Å². The second-order valence-electron chi connectivity index (χ2n) is 11.0. The van der Waals surface area contributed by atoms with Gasteiger partial charge in [-0.2, -0.15) is 0 Å². The smallest absolute Gasteiger partial charge is 0.341 e. The van der Waals surface area contributed by atoms with Crippen LogP contribution in [0.5, 0.6) is 11.5 Å². The van der Waals surface area contributed by atoms with Crippen LogP contribution in [0.1, 0.15) is 85.4 Å². The number of carboxylic acids is 1. The van der Waals surface area contributed by atoms with Crippen LogP contribution in [-0.2, 0) is 16.8 Å². The van der Waals surface area contributed by atoms with Crippen LogP contribution in [0.4, 0.5) is 5.69 Å². The fraction of sp³-hybridized carbons (Fsp3) is 0.484. The lowest BCUT2D eigenvalue weighted by Crippen LogP contribution is -2.31. The predicted molar refractivity (Wildman–Crippen MR) is 159 cm³/mol. The third-order valence-electron chi connectivity index (χ3n) is 7.05. The molecule has 1 amide bonds. The summed E-state index contributed by atoms with van der Waals surface area (Å²) in [5.41, 5.74) is 3.19. The fourth-order valence-corrected chi connectivity index (χ4v) is 4.89. The molecule has 0 fully saturated rings. The molecule has 222 valence electrons. The third kappa shape index (κ3) is 6.99. The van der Waals surface area contributed by atoms with Crippen molar-refractivity contribution < 1.29 is 29.0 Å². The van der Waals surface area contributed by atoms with E-state index >= 15 is 0 Å². The maximum Gasteiger partial charge on any atom is 0.341 e. The number of hydrogen-bond acceptors (Lipinski definition) is 7. The van der Waals surface area contributed by atoms with Crippen LogP contribution < -0.4 is 19.7 Å². The van der Waals surface area contributed by atoms with Gasteiger partial charge >= 0.3 is 5.97 Å². The van der Waals surface area contributed by atoms with Gasteiger partial charge in [0, 0.05) is 43.4 Å². The van der Waals surface area contributed by atoms with E-state index in [4.69, 9.17) is 14.9 Å². The molecular formula is C31H42N4O6. The largest absolute Gasteiger partial charge is 0.493 e. The number of amides is 1. The molecule has 0 bridgehead atoms. The van der Waals surface area contributed by atoms with Gasteiger partial charge in [0.25, 0.3) is 5.91 Å². The van der Waals surface area contributed by atoms with Crippen molar-refractivity contribution in [3.8, 4) is 11.5 Å². The average molecular weight is 567 g/mol. The number of ether oxygens (including phenoxy) is 2. The van der Waals surface area contributed by atoms with Crippen LogP contribution in [0.25, 0.3) is 0 Å². The van der Waals surface area contributed by atoms with E-state index in [0.717, 1.165) is 17.5 Å². The van der Waals surface area contributed by atoms with Gasteiger partial charge in [0.2, 0.25) is 0 Å². The Morgan fingerprint density at radius 3 is 2.32 bits per heavy atom. The average Bonchev–Trinajstić information content (AvgIpc) is 3.23. The number of hydrogen-bond donors (Lipinski definition) is 3. The summed E-state index contributed by atoms with van der Waals surface area (Å²) in [5, 5.41) is 20.7. The van der Waals surface area contributed by atoms with Gasteiger partial charge < -0.3 is 29.7 Å². The first-order valence-corrected chi connectivity index (χ1v) is 14.0. The highest BCUT2D eigenvalue weighted by atomic mass is 16.5. The topological polar surface area (TPSA) is 132 Å². The molecule has 1 aliphatic rings. The standard InChI is InChI=1S/C31H42N4O6/c1-8-11-40-26-14-20-16-35(29(32)21(20)15-22(26)30(39)33-7)17-25(36)19-12-23(31(4,5)6)28(41-18-27(37)38)24(13-19)34(9-2)10-3/h12-15,32H,8-11,16-18H2,1-7H3,(H,33,39)(H,37,38). The monoisotopic (exact) mass is 566 g/mol. The summed E-state index contributed by atoms with van der Waals surface area (Å²) in [6, 6.07) is 6.99. The van der Waals surface area contributed by atoms with Crippen LogP contribution in [0.3, 0.4) is 0 Å². The van der Waals surface area contributed by atoms with Crippen molar-refractivity contribution in [3.05, 3.63) is 52.1 Å². The van der Waals surface area contributed by atoms with Crippen molar-refractivity contribution in [1.29, 1.82) is 5.41 Å². The number of aliphatic carboxylic acids is 1. The molecular weight excluding hydrogens is 524 g/mol. The lowest BCUT2D eigenvalue weighted by Gasteiger charge is -2.30. The maximum atomic E-state index is 13.8. The zero-order valence-electron chi connectivity index (χ0n) is 25.1. The minimum atomic E-state index is -1.08. The Morgan fingerprint density at radius 2 is 1.76 bits per heavy atom. The Bertz CT molecular complexity index is 1330. The number of nitrogens with zero attached hydrogens (tertiary/aromatic N) is 2. The predicted octanol–water partition coefficient (Wildman–Crippen LogP) is 4.47. The molecule has 10 nitrogen and oxygen atoms in total. The molecule has 0 saturated carbocycles. The number of amidine groups is 1. The molecule has 0 radical (unpaired) electrons. The molecule has 0 aliphatic carbocycles. The van der Waals surface area contributed by atoms with Gasteiger partial charge in [0.05, 0.1) is 24.4 Å². The summed E-state index contributed by atoms with van der Waals surface area (Å²) in [7, 11) is 1.55. The molecule has 3 rings (SSSR count). The van der Waals surface area contributed by atoms with E-state index in [1.807, 2.05) is 46.4 Å². The zero-order chi connectivity index (χ0) is 30.5. The summed E-state index contributed by atoms with van der Waals surface area (Å²) < 4.78 is 11.6. The lowest BCUT2D eigenvalue weighted by atomic mass is 9.84. The van der Waals surface area contributed by atoms with Gasteiger partial charge in [-0.25, -0.2) is 4.79 Å². The molecule has 1 aliphatic heterocycles. The van der Waals surface area contributed by atoms with Crippen LogP contribution in [-0.4, -0.2) is 73.4 Å². The first-order valence-electron chi connectivity index (χ1n) is 14.0. The Morgan fingerprint density at radius 1 is 1.07 bits per heavy atom. The molecule has 1 heterocycles. The van der Waals surface area contributed by atoms with E-state index in [2.05, 4.69) is 5.32 Å². The first kappa shape index (κ1) is 31.4. The van der Waals surface area contributed by atoms with E-state index in [-0.39, 0.29) is 24.1 Å². The van der Waals surface area contributed by atoms with Gasteiger partial charge in [-0.3, -0.25) is 15.0 Å². The first-order chi connectivity index (χ1) is 19.4. The SMILES string of the molecule is CCCOc1cc2c(cc1C(=O)NC)C(=N)N(CC(=O)c1cc(N(CC)CC)c(OCC(=O)O)c(C(C)(C)C)c1)C2. The van der Waals surface area contributed by atoms with Crippen LogP contribution in [0.2, 0.25) is 0 Å². The molecule has 0 spiro atoms. The second-order valence-corrected chi connectivity index (χ2v) is 11.0. The van der Waals surface area contributed by atoms with Gasteiger partial charge in [-0.05, 0) is 55.5 Å². The number of ketones is 1. The zero-order valence-corrected chi connectivity index (χ0v) is 25.1. The molecule has 41 heavy (non-hydrogen) atoms. The number of carboxylic acid groups (broad SMARTS) is 1. The Balaban J connectivity index is 1.99. The van der Waals surface area contributed by atoms with Gasteiger partial charge in [-0.15, -0.1) is 0 Å². The summed E-state index contributed by atoms with van der Waals surface area (Å²) in [4.78, 5) is 41.4. The molecule has 0 atom stereocenters. The Hall–Kier alpha value is -4.08. The number of rotatable bonds is 13. The van der Waals surface area contributed by atoms with Crippen LogP contribution >= 0.6 is 0 Å². The van der Waals surface area contributed by atoms with Gasteiger partial charge in [0.15, 0.2) is 12.4 Å². The van der Waals surface area contributed by atoms with Crippen LogP contribution in [0.15, 0.2) is 24.3 Å². The van der Waals surface area contributed by atoms with Gasteiger partial charge in [0.1, 0.15) is 17.3 Å². The minimum Gasteiger partial charge on any atom is -0.493 e. The molecule has 2 aromatic rings. The molecule has 2 aromatic carbocycles. The van der Waals surface area contributed by atoms with Crippen molar-refractivity contribution in [1.82, 2.24) is 10.2 Å². The molecule has 3 N–H and O–H groups in total. The highest BCUT2D eigenvalue weighted by Gasteiger charge is 2.31. The van der Waals surface area contributed by atoms with E-state index < -0.39 is 18.0 Å². The van der Waals surface area contributed by atoms with E-state index in [0.29, 0.717) is 60.1 Å². The summed E-state index contributed by atoms with van der Waals surface area (Å²) >= 11 is 0. The third-order valence-corrected chi connectivity index (χ3v) is 7.05. The number of carbonyl (C=O) groups excluding carboxylic acids is 2. The van der Waals surface area contributed by atoms with Crippen molar-refractivity contribution in [2.75, 3.05) is 44.8 Å². The van der Waals surface area contributed by atoms with Crippen LogP contribution in [0, 0.1) is 5.41 Å². The van der Waals surface area contributed by atoms with Crippen molar-refractivity contribution in [2.45, 2.75) is 59.9 Å². The summed E-state index contributed by atoms with van der Waals surface area (Å²) in [6.07, 6.45) is 0.785. The van der Waals surface area contributed by atoms with E-state index in [1.54, 1.807) is 36.2 Å². The number of nitrogens with one attached hydrogen (secondary N) is 2. The maximum absolute atomic E-state index is 13.8. The number of anilines is 1. The van der Waals surface area contributed by atoms with Crippen molar-refractivity contribution in [2.24, 2.45) is 0 Å². The normalized spacial score (nSPS) is 12.7. The summed E-state index contributed by atoms with van der Waals surface area (Å²) in [5.74, 6) is -0.470. The highest BCUT2D eigenvalue weighted by molar-refractivity contribution is 6.08. The lowest BCUT2D eigenvalue weighted by molar-refractivity contribution is -0.139. The van der Waals surface area contributed by atoms with Crippen molar-refractivity contribution >= 4 is 29.2 Å². The fourth-order valence-electron chi connectivity index (χ4n) is 4.89. The second kappa shape index (κ2) is 13.1. The number of Topliss-reactive ketones (excluding diaryl/α,β-unsaturated/α-hetero) is 1. The van der Waals surface area contributed by atoms with E-state index in [1.165, 1.54) is 0 Å². The Labute approximate surface area is 242 Å². The molecule has 0 aromatic heterocycles.